The van der Waals surface area contributed by atoms with Gasteiger partial charge in [0.15, 0.2) is 0 Å². The molecule has 0 spiro atoms. The SMILES string of the molecule is CC(C)(C)OC(=O)N1CCN(c2ncc(OCCCO)cc2Cl)CC1. The number of aromatic nitrogens is 1. The molecule has 0 saturated carbocycles. The van der Waals surface area contributed by atoms with E-state index in [1.807, 2.05) is 25.7 Å². The molecule has 7 nitrogen and oxygen atoms in total. The lowest BCUT2D eigenvalue weighted by molar-refractivity contribution is 0.0240. The highest BCUT2D eigenvalue weighted by molar-refractivity contribution is 6.33. The minimum absolute atomic E-state index is 0.0845. The van der Waals surface area contributed by atoms with Crippen molar-refractivity contribution in [3.05, 3.63) is 17.3 Å². The molecule has 0 aromatic carbocycles. The maximum absolute atomic E-state index is 12.1. The average Bonchev–Trinajstić information content (AvgIpc) is 2.54. The molecule has 1 fully saturated rings. The quantitative estimate of drug-likeness (QED) is 0.802. The molecule has 8 heteroatoms. The monoisotopic (exact) mass is 371 g/mol. The molecule has 2 rings (SSSR count). The third kappa shape index (κ3) is 5.93. The Bertz CT molecular complexity index is 584. The van der Waals surface area contributed by atoms with Crippen molar-refractivity contribution in [2.45, 2.75) is 32.8 Å². The van der Waals surface area contributed by atoms with E-state index in [-0.39, 0.29) is 12.7 Å². The van der Waals surface area contributed by atoms with Crippen molar-refractivity contribution >= 4 is 23.5 Å². The lowest BCUT2D eigenvalue weighted by atomic mass is 10.2. The van der Waals surface area contributed by atoms with Crippen LogP contribution in [0.3, 0.4) is 0 Å². The van der Waals surface area contributed by atoms with Crippen LogP contribution < -0.4 is 9.64 Å². The van der Waals surface area contributed by atoms with E-state index in [2.05, 4.69) is 4.98 Å². The summed E-state index contributed by atoms with van der Waals surface area (Å²) in [6.07, 6.45) is 1.89. The third-order valence-electron chi connectivity index (χ3n) is 3.60. The highest BCUT2D eigenvalue weighted by atomic mass is 35.5. The van der Waals surface area contributed by atoms with Gasteiger partial charge in [0.2, 0.25) is 0 Å². The van der Waals surface area contributed by atoms with Crippen LogP contribution in [0, 0.1) is 0 Å². The minimum Gasteiger partial charge on any atom is -0.492 e. The molecule has 1 aromatic heterocycles. The Hall–Kier alpha value is -1.73. The number of hydrogen-bond acceptors (Lipinski definition) is 6. The predicted molar refractivity (Wildman–Crippen MR) is 96.5 cm³/mol. The molecule has 0 bridgehead atoms. The number of hydrogen-bond donors (Lipinski definition) is 1. The Labute approximate surface area is 153 Å². The topological polar surface area (TPSA) is 75.1 Å². The van der Waals surface area contributed by atoms with Gasteiger partial charge in [-0.05, 0) is 20.8 Å². The second-order valence-corrected chi connectivity index (χ2v) is 7.26. The summed E-state index contributed by atoms with van der Waals surface area (Å²) in [5, 5.41) is 9.28. The summed E-state index contributed by atoms with van der Waals surface area (Å²) < 4.78 is 10.9. The lowest BCUT2D eigenvalue weighted by Gasteiger charge is -2.36. The smallest absolute Gasteiger partial charge is 0.410 e. The van der Waals surface area contributed by atoms with E-state index >= 15 is 0 Å². The molecule has 1 amide bonds. The Morgan fingerprint density at radius 1 is 1.32 bits per heavy atom. The van der Waals surface area contributed by atoms with E-state index in [1.54, 1.807) is 17.2 Å². The molecule has 0 radical (unpaired) electrons. The average molecular weight is 372 g/mol. The summed E-state index contributed by atoms with van der Waals surface area (Å²) >= 11 is 6.32. The summed E-state index contributed by atoms with van der Waals surface area (Å²) in [4.78, 5) is 20.2. The van der Waals surface area contributed by atoms with E-state index < -0.39 is 5.60 Å². The van der Waals surface area contributed by atoms with Gasteiger partial charge in [0.1, 0.15) is 17.2 Å². The zero-order valence-corrected chi connectivity index (χ0v) is 15.8. The normalized spacial score (nSPS) is 15.2. The van der Waals surface area contributed by atoms with Gasteiger partial charge in [-0.25, -0.2) is 9.78 Å². The minimum atomic E-state index is -0.495. The van der Waals surface area contributed by atoms with Crippen molar-refractivity contribution in [2.24, 2.45) is 0 Å². The Morgan fingerprint density at radius 3 is 2.56 bits per heavy atom. The molecular formula is C17H26ClN3O4. The van der Waals surface area contributed by atoms with Crippen LogP contribution >= 0.6 is 11.6 Å². The number of ether oxygens (including phenoxy) is 2. The zero-order valence-electron chi connectivity index (χ0n) is 15.0. The molecule has 25 heavy (non-hydrogen) atoms. The van der Waals surface area contributed by atoms with E-state index in [0.717, 1.165) is 0 Å². The molecule has 1 aliphatic rings. The van der Waals surface area contributed by atoms with Crippen LogP contribution in [0.5, 0.6) is 5.75 Å². The van der Waals surface area contributed by atoms with Gasteiger partial charge in [0.05, 0.1) is 17.8 Å². The standard InChI is InChI=1S/C17H26ClN3O4/c1-17(2,3)25-16(23)21-7-5-20(6-8-21)15-14(18)11-13(12-19-15)24-10-4-9-22/h11-12,22H,4-10H2,1-3H3. The van der Waals surface area contributed by atoms with Crippen LogP contribution in [0.4, 0.5) is 10.6 Å². The Balaban J connectivity index is 1.91. The number of pyridine rings is 1. The van der Waals surface area contributed by atoms with Gasteiger partial charge in [-0.3, -0.25) is 0 Å². The number of rotatable bonds is 5. The first-order valence-electron chi connectivity index (χ1n) is 8.42. The van der Waals surface area contributed by atoms with Crippen LogP contribution in [0.15, 0.2) is 12.3 Å². The fourth-order valence-electron chi connectivity index (χ4n) is 2.41. The van der Waals surface area contributed by atoms with Crippen LogP contribution in [-0.4, -0.2) is 66.1 Å². The van der Waals surface area contributed by atoms with Gasteiger partial charge in [0, 0.05) is 45.3 Å². The molecule has 0 unspecified atom stereocenters. The molecule has 140 valence electrons. The second-order valence-electron chi connectivity index (χ2n) is 6.86. The first kappa shape index (κ1) is 19.6. The number of amides is 1. The summed E-state index contributed by atoms with van der Waals surface area (Å²) in [5.74, 6) is 1.26. The van der Waals surface area contributed by atoms with Crippen LogP contribution in [0.25, 0.3) is 0 Å². The van der Waals surface area contributed by atoms with Crippen LogP contribution in [0.1, 0.15) is 27.2 Å². The Morgan fingerprint density at radius 2 is 2.00 bits per heavy atom. The summed E-state index contributed by atoms with van der Waals surface area (Å²) in [7, 11) is 0. The van der Waals surface area contributed by atoms with Gasteiger partial charge < -0.3 is 24.4 Å². The number of aliphatic hydroxyl groups excluding tert-OH is 1. The number of aliphatic hydroxyl groups is 1. The van der Waals surface area contributed by atoms with E-state index in [0.29, 0.717) is 55.8 Å². The van der Waals surface area contributed by atoms with Crippen molar-refractivity contribution in [1.82, 2.24) is 9.88 Å². The summed E-state index contributed by atoms with van der Waals surface area (Å²) in [6, 6.07) is 1.72. The number of nitrogens with zero attached hydrogens (tertiary/aromatic N) is 3. The van der Waals surface area contributed by atoms with Crippen molar-refractivity contribution in [2.75, 3.05) is 44.3 Å². The van der Waals surface area contributed by atoms with Crippen molar-refractivity contribution in [1.29, 1.82) is 0 Å². The third-order valence-corrected chi connectivity index (χ3v) is 3.88. The van der Waals surface area contributed by atoms with Crippen molar-refractivity contribution in [3.8, 4) is 5.75 Å². The maximum Gasteiger partial charge on any atom is 0.410 e. The molecule has 1 aromatic rings. The van der Waals surface area contributed by atoms with Gasteiger partial charge >= 0.3 is 6.09 Å². The molecule has 0 aliphatic carbocycles. The second kappa shape index (κ2) is 8.58. The van der Waals surface area contributed by atoms with Gasteiger partial charge in [-0.15, -0.1) is 0 Å². The number of anilines is 1. The fraction of sp³-hybridized carbons (Fsp3) is 0.647. The first-order valence-corrected chi connectivity index (χ1v) is 8.80. The van der Waals surface area contributed by atoms with Gasteiger partial charge in [0.25, 0.3) is 0 Å². The maximum atomic E-state index is 12.1. The predicted octanol–water partition coefficient (Wildman–Crippen LogP) is 2.55. The molecule has 1 N–H and O–H groups in total. The van der Waals surface area contributed by atoms with Crippen LogP contribution in [0.2, 0.25) is 5.02 Å². The zero-order chi connectivity index (χ0) is 18.4. The van der Waals surface area contributed by atoms with Crippen LogP contribution in [-0.2, 0) is 4.74 Å². The van der Waals surface area contributed by atoms with E-state index in [9.17, 15) is 4.79 Å². The molecular weight excluding hydrogens is 346 g/mol. The van der Waals surface area contributed by atoms with E-state index in [4.69, 9.17) is 26.2 Å². The van der Waals surface area contributed by atoms with Gasteiger partial charge in [-0.2, -0.15) is 0 Å². The van der Waals surface area contributed by atoms with Crippen molar-refractivity contribution < 1.29 is 19.4 Å². The van der Waals surface area contributed by atoms with Crippen molar-refractivity contribution in [3.63, 3.8) is 0 Å². The van der Waals surface area contributed by atoms with Gasteiger partial charge in [-0.1, -0.05) is 11.6 Å². The fourth-order valence-corrected chi connectivity index (χ4v) is 2.68. The Kier molecular flexibility index (Phi) is 6.72. The molecule has 2 heterocycles. The lowest BCUT2D eigenvalue weighted by Crippen LogP contribution is -2.50. The number of carbonyl (C=O) groups excluding carboxylic acids is 1. The first-order chi connectivity index (χ1) is 11.8. The van der Waals surface area contributed by atoms with E-state index in [1.165, 1.54) is 0 Å². The highest BCUT2D eigenvalue weighted by Gasteiger charge is 2.27. The molecule has 0 atom stereocenters. The number of carbonyl (C=O) groups is 1. The summed E-state index contributed by atoms with van der Waals surface area (Å²) in [5.41, 5.74) is -0.495. The number of piperazine rings is 1. The molecule has 1 aliphatic heterocycles. The summed E-state index contributed by atoms with van der Waals surface area (Å²) in [6.45, 7) is 8.46. The largest absolute Gasteiger partial charge is 0.492 e. The number of halogens is 1. The highest BCUT2D eigenvalue weighted by Crippen LogP contribution is 2.28. The molecule has 1 saturated heterocycles.